The first-order valence-corrected chi connectivity index (χ1v) is 9.49. The van der Waals surface area contributed by atoms with E-state index in [1.807, 2.05) is 47.8 Å². The van der Waals surface area contributed by atoms with E-state index in [4.69, 9.17) is 4.74 Å². The smallest absolute Gasteiger partial charge is 0.315 e. The zero-order chi connectivity index (χ0) is 14.5. The lowest BCUT2D eigenvalue weighted by molar-refractivity contribution is 0.223. The molecule has 2 aliphatic heterocycles. The average Bonchev–Trinajstić information content (AvgIpc) is 2.54. The summed E-state index contributed by atoms with van der Waals surface area (Å²) in [5.41, 5.74) is 1.07. The summed E-state index contributed by atoms with van der Waals surface area (Å²) in [6, 6.07) is 7.88. The average molecular weight is 324 g/mol. The second-order valence-electron chi connectivity index (χ2n) is 5.15. The minimum atomic E-state index is -0.0760. The number of thioether (sulfide) groups is 2. The standard InChI is InChI=1S/C15H20N2O2S2/c18-15(16-9-11-10-20-7-8-21-11)17-13-5-6-19-14-4-2-1-3-12(13)14/h1-4,11,13H,5-10H2,(H2,16,17,18). The summed E-state index contributed by atoms with van der Waals surface area (Å²) in [4.78, 5) is 12.1. The van der Waals surface area contributed by atoms with E-state index < -0.39 is 0 Å². The van der Waals surface area contributed by atoms with E-state index in [2.05, 4.69) is 10.6 Å². The highest BCUT2D eigenvalue weighted by Crippen LogP contribution is 2.31. The van der Waals surface area contributed by atoms with Crippen LogP contribution in [0.15, 0.2) is 24.3 Å². The number of hydrogen-bond acceptors (Lipinski definition) is 4. The lowest BCUT2D eigenvalue weighted by atomic mass is 10.0. The van der Waals surface area contributed by atoms with Gasteiger partial charge in [0, 0.05) is 41.0 Å². The molecule has 4 nitrogen and oxygen atoms in total. The summed E-state index contributed by atoms with van der Waals surface area (Å²) in [6.45, 7) is 1.39. The molecule has 0 saturated carbocycles. The summed E-state index contributed by atoms with van der Waals surface area (Å²) in [7, 11) is 0. The Bertz CT molecular complexity index is 492. The highest BCUT2D eigenvalue weighted by atomic mass is 32.2. The van der Waals surface area contributed by atoms with Crippen molar-refractivity contribution in [1.29, 1.82) is 0 Å². The van der Waals surface area contributed by atoms with Crippen LogP contribution in [0.25, 0.3) is 0 Å². The monoisotopic (exact) mass is 324 g/mol. The summed E-state index contributed by atoms with van der Waals surface area (Å²) in [5, 5.41) is 6.61. The number of hydrogen-bond donors (Lipinski definition) is 2. The number of fused-ring (bicyclic) bond motifs is 1. The number of urea groups is 1. The fourth-order valence-electron chi connectivity index (χ4n) is 2.56. The molecule has 6 heteroatoms. The lowest BCUT2D eigenvalue weighted by Crippen LogP contribution is -2.42. The number of amides is 2. The molecule has 2 heterocycles. The number of ether oxygens (including phenoxy) is 1. The Labute approximate surface area is 133 Å². The second-order valence-corrected chi connectivity index (χ2v) is 7.71. The van der Waals surface area contributed by atoms with E-state index in [1.165, 1.54) is 11.5 Å². The summed E-state index contributed by atoms with van der Waals surface area (Å²) in [5.74, 6) is 4.43. The van der Waals surface area contributed by atoms with Gasteiger partial charge in [0.2, 0.25) is 0 Å². The molecule has 2 amide bonds. The molecule has 2 N–H and O–H groups in total. The maximum Gasteiger partial charge on any atom is 0.315 e. The highest BCUT2D eigenvalue weighted by Gasteiger charge is 2.23. The van der Waals surface area contributed by atoms with Crippen LogP contribution < -0.4 is 15.4 Å². The third-order valence-corrected chi connectivity index (χ3v) is 6.48. The van der Waals surface area contributed by atoms with Gasteiger partial charge in [0.15, 0.2) is 0 Å². The van der Waals surface area contributed by atoms with Gasteiger partial charge >= 0.3 is 6.03 Å². The number of para-hydroxylation sites is 1. The molecule has 21 heavy (non-hydrogen) atoms. The van der Waals surface area contributed by atoms with Crippen LogP contribution in [-0.2, 0) is 0 Å². The zero-order valence-electron chi connectivity index (χ0n) is 11.8. The van der Waals surface area contributed by atoms with Gasteiger partial charge in [0.1, 0.15) is 5.75 Å². The minimum Gasteiger partial charge on any atom is -0.493 e. The Balaban J connectivity index is 1.51. The maximum atomic E-state index is 12.1. The van der Waals surface area contributed by atoms with Gasteiger partial charge in [-0.15, -0.1) is 0 Å². The molecule has 0 radical (unpaired) electrons. The first kappa shape index (κ1) is 14.9. The first-order valence-electron chi connectivity index (χ1n) is 7.28. The molecule has 2 unspecified atom stereocenters. The van der Waals surface area contributed by atoms with Crippen molar-refractivity contribution in [3.05, 3.63) is 29.8 Å². The minimum absolute atomic E-state index is 0.0448. The number of carbonyl (C=O) groups is 1. The number of rotatable bonds is 3. The molecule has 0 aromatic heterocycles. The number of benzene rings is 1. The Kier molecular flexibility index (Phi) is 5.19. The summed E-state index contributed by atoms with van der Waals surface area (Å²) in [6.07, 6.45) is 0.818. The lowest BCUT2D eigenvalue weighted by Gasteiger charge is -2.27. The van der Waals surface area contributed by atoms with Crippen LogP contribution in [0.4, 0.5) is 4.79 Å². The van der Waals surface area contributed by atoms with Gasteiger partial charge in [-0.1, -0.05) is 18.2 Å². The molecule has 2 atom stereocenters. The molecule has 0 bridgehead atoms. The third kappa shape index (κ3) is 4.01. The van der Waals surface area contributed by atoms with Gasteiger partial charge in [0.05, 0.1) is 12.6 Å². The van der Waals surface area contributed by atoms with Crippen LogP contribution >= 0.6 is 23.5 Å². The molecule has 1 aromatic rings. The summed E-state index contributed by atoms with van der Waals surface area (Å²) < 4.78 is 5.61. The largest absolute Gasteiger partial charge is 0.493 e. The molecule has 0 spiro atoms. The van der Waals surface area contributed by atoms with Crippen molar-refractivity contribution in [2.75, 3.05) is 30.4 Å². The number of nitrogens with one attached hydrogen (secondary N) is 2. The van der Waals surface area contributed by atoms with Crippen molar-refractivity contribution in [2.24, 2.45) is 0 Å². The normalized spacial score (nSPS) is 24.6. The molecular formula is C15H20N2O2S2. The quantitative estimate of drug-likeness (QED) is 0.897. The fraction of sp³-hybridized carbons (Fsp3) is 0.533. The molecule has 0 aliphatic carbocycles. The van der Waals surface area contributed by atoms with Crippen molar-refractivity contribution in [3.8, 4) is 5.75 Å². The summed E-state index contributed by atoms with van der Waals surface area (Å²) >= 11 is 3.93. The van der Waals surface area contributed by atoms with Crippen LogP contribution in [0, 0.1) is 0 Å². The van der Waals surface area contributed by atoms with E-state index in [0.29, 0.717) is 11.9 Å². The molecule has 2 aliphatic rings. The van der Waals surface area contributed by atoms with Gasteiger partial charge in [0.25, 0.3) is 0 Å². The predicted molar refractivity (Wildman–Crippen MR) is 89.4 cm³/mol. The van der Waals surface area contributed by atoms with Crippen molar-refractivity contribution in [2.45, 2.75) is 17.7 Å². The molecular weight excluding hydrogens is 304 g/mol. The maximum absolute atomic E-state index is 12.1. The number of carbonyl (C=O) groups excluding carboxylic acids is 1. The van der Waals surface area contributed by atoms with Gasteiger partial charge in [-0.25, -0.2) is 4.79 Å². The van der Waals surface area contributed by atoms with Crippen molar-refractivity contribution < 1.29 is 9.53 Å². The van der Waals surface area contributed by atoms with E-state index in [9.17, 15) is 4.79 Å². The van der Waals surface area contributed by atoms with Crippen LogP contribution in [0.2, 0.25) is 0 Å². The highest BCUT2D eigenvalue weighted by molar-refractivity contribution is 8.06. The Hall–Kier alpha value is -1.01. The molecule has 3 rings (SSSR count). The Morgan fingerprint density at radius 3 is 3.10 bits per heavy atom. The van der Waals surface area contributed by atoms with Crippen molar-refractivity contribution in [3.63, 3.8) is 0 Å². The van der Waals surface area contributed by atoms with E-state index in [1.54, 1.807) is 0 Å². The van der Waals surface area contributed by atoms with E-state index in [0.717, 1.165) is 30.0 Å². The van der Waals surface area contributed by atoms with Crippen LogP contribution in [0.5, 0.6) is 5.75 Å². The molecule has 1 aromatic carbocycles. The predicted octanol–water partition coefficient (Wildman–Crippen LogP) is 2.66. The van der Waals surface area contributed by atoms with Gasteiger partial charge in [-0.3, -0.25) is 0 Å². The first-order chi connectivity index (χ1) is 10.3. The molecule has 1 saturated heterocycles. The van der Waals surface area contributed by atoms with Crippen molar-refractivity contribution in [1.82, 2.24) is 10.6 Å². The second kappa shape index (κ2) is 7.31. The van der Waals surface area contributed by atoms with Crippen LogP contribution in [0.1, 0.15) is 18.0 Å². The SMILES string of the molecule is O=C(NCC1CSCCS1)NC1CCOc2ccccc21. The van der Waals surface area contributed by atoms with Crippen LogP contribution in [0.3, 0.4) is 0 Å². The van der Waals surface area contributed by atoms with Gasteiger partial charge < -0.3 is 15.4 Å². The topological polar surface area (TPSA) is 50.4 Å². The third-order valence-electron chi connectivity index (χ3n) is 3.64. The molecule has 1 fully saturated rings. The van der Waals surface area contributed by atoms with E-state index in [-0.39, 0.29) is 12.1 Å². The fourth-order valence-corrected chi connectivity index (χ4v) is 5.17. The Morgan fingerprint density at radius 1 is 1.33 bits per heavy atom. The Morgan fingerprint density at radius 2 is 2.24 bits per heavy atom. The van der Waals surface area contributed by atoms with Crippen LogP contribution in [-0.4, -0.2) is 41.7 Å². The van der Waals surface area contributed by atoms with Crippen molar-refractivity contribution >= 4 is 29.6 Å². The van der Waals surface area contributed by atoms with E-state index >= 15 is 0 Å². The molecule has 114 valence electrons. The van der Waals surface area contributed by atoms with Gasteiger partial charge in [-0.2, -0.15) is 23.5 Å². The zero-order valence-corrected chi connectivity index (χ0v) is 13.5. The van der Waals surface area contributed by atoms with Gasteiger partial charge in [-0.05, 0) is 6.07 Å².